The average Bonchev–Trinajstić information content (AvgIpc) is 3.11. The van der Waals surface area contributed by atoms with E-state index in [0.717, 1.165) is 11.4 Å². The first-order chi connectivity index (χ1) is 12.5. The molecule has 0 fully saturated rings. The van der Waals surface area contributed by atoms with Gasteiger partial charge in [-0.05, 0) is 36.4 Å². The molecule has 2 aromatic heterocycles. The van der Waals surface area contributed by atoms with Gasteiger partial charge in [0.25, 0.3) is 5.91 Å². The Morgan fingerprint density at radius 3 is 2.73 bits per heavy atom. The van der Waals surface area contributed by atoms with Crippen molar-refractivity contribution >= 4 is 23.3 Å². The van der Waals surface area contributed by atoms with E-state index in [1.807, 2.05) is 31.1 Å². The lowest BCUT2D eigenvalue weighted by Gasteiger charge is -2.11. The van der Waals surface area contributed by atoms with Gasteiger partial charge in [-0.2, -0.15) is 4.98 Å². The normalized spacial score (nSPS) is 10.6. The topological polar surface area (TPSA) is 84.2 Å². The van der Waals surface area contributed by atoms with Gasteiger partial charge in [-0.15, -0.1) is 0 Å². The summed E-state index contributed by atoms with van der Waals surface area (Å²) in [5.41, 5.74) is 1.37. The zero-order chi connectivity index (χ0) is 18.5. The van der Waals surface area contributed by atoms with Crippen LogP contribution in [0.1, 0.15) is 16.2 Å². The Morgan fingerprint density at radius 2 is 2.00 bits per heavy atom. The van der Waals surface area contributed by atoms with Gasteiger partial charge < -0.3 is 14.7 Å². The summed E-state index contributed by atoms with van der Waals surface area (Å²) >= 11 is 5.87. The molecule has 0 spiro atoms. The zero-order valence-electron chi connectivity index (χ0n) is 14.4. The largest absolute Gasteiger partial charge is 0.363 e. The Hall–Kier alpha value is -2.93. The molecule has 0 aliphatic heterocycles. The third-order valence-corrected chi connectivity index (χ3v) is 3.91. The van der Waals surface area contributed by atoms with Crippen LogP contribution in [0.4, 0.5) is 5.82 Å². The third-order valence-electron chi connectivity index (χ3n) is 3.66. The van der Waals surface area contributed by atoms with Crippen LogP contribution in [0.2, 0.25) is 5.02 Å². The van der Waals surface area contributed by atoms with E-state index in [0.29, 0.717) is 35.3 Å². The van der Waals surface area contributed by atoms with Crippen LogP contribution in [0.25, 0.3) is 11.4 Å². The Morgan fingerprint density at radius 1 is 1.23 bits per heavy atom. The van der Waals surface area contributed by atoms with E-state index >= 15 is 0 Å². The van der Waals surface area contributed by atoms with Gasteiger partial charge in [-0.1, -0.05) is 16.8 Å². The van der Waals surface area contributed by atoms with Crippen molar-refractivity contribution in [3.8, 4) is 11.4 Å². The fourth-order valence-electron chi connectivity index (χ4n) is 2.26. The maximum atomic E-state index is 12.2. The molecule has 0 radical (unpaired) electrons. The molecule has 0 atom stereocenters. The molecule has 1 aromatic carbocycles. The van der Waals surface area contributed by atoms with E-state index in [4.69, 9.17) is 16.1 Å². The first-order valence-corrected chi connectivity index (χ1v) is 8.41. The van der Waals surface area contributed by atoms with Gasteiger partial charge in [0, 0.05) is 49.4 Å². The lowest BCUT2D eigenvalue weighted by Crippen LogP contribution is -2.26. The lowest BCUT2D eigenvalue weighted by atomic mass is 10.2. The first kappa shape index (κ1) is 17.9. The highest BCUT2D eigenvalue weighted by Crippen LogP contribution is 2.18. The summed E-state index contributed by atoms with van der Waals surface area (Å²) in [5, 5.41) is 7.43. The summed E-state index contributed by atoms with van der Waals surface area (Å²) in [6.45, 7) is 0.390. The Kier molecular flexibility index (Phi) is 5.48. The van der Waals surface area contributed by atoms with Crippen molar-refractivity contribution in [1.82, 2.24) is 20.4 Å². The molecule has 0 saturated heterocycles. The Labute approximate surface area is 156 Å². The molecule has 0 bridgehead atoms. The number of anilines is 1. The number of hydrogen-bond acceptors (Lipinski definition) is 6. The van der Waals surface area contributed by atoms with E-state index in [-0.39, 0.29) is 5.91 Å². The van der Waals surface area contributed by atoms with Crippen LogP contribution in [-0.2, 0) is 6.42 Å². The fraction of sp³-hybridized carbons (Fsp3) is 0.222. The molecule has 8 heteroatoms. The number of amides is 1. The summed E-state index contributed by atoms with van der Waals surface area (Å²) in [6.07, 6.45) is 2.05. The minimum absolute atomic E-state index is 0.173. The second-order valence-corrected chi connectivity index (χ2v) is 6.26. The molecule has 2 heterocycles. The number of rotatable bonds is 6. The third kappa shape index (κ3) is 4.37. The molecule has 0 unspecified atom stereocenters. The van der Waals surface area contributed by atoms with E-state index in [9.17, 15) is 4.79 Å². The van der Waals surface area contributed by atoms with Gasteiger partial charge in [0.1, 0.15) is 5.82 Å². The molecule has 0 aliphatic rings. The number of pyridine rings is 1. The number of benzene rings is 1. The van der Waals surface area contributed by atoms with Crippen molar-refractivity contribution in [1.29, 1.82) is 0 Å². The van der Waals surface area contributed by atoms with Crippen molar-refractivity contribution in [3.05, 3.63) is 59.1 Å². The van der Waals surface area contributed by atoms with Crippen molar-refractivity contribution < 1.29 is 9.32 Å². The smallest absolute Gasteiger partial charge is 0.251 e. The molecule has 1 N–H and O–H groups in total. The highest BCUT2D eigenvalue weighted by molar-refractivity contribution is 6.30. The van der Waals surface area contributed by atoms with Crippen LogP contribution in [0.5, 0.6) is 0 Å². The monoisotopic (exact) mass is 371 g/mol. The average molecular weight is 372 g/mol. The summed E-state index contributed by atoms with van der Waals surface area (Å²) < 4.78 is 5.23. The van der Waals surface area contributed by atoms with Crippen LogP contribution in [0.3, 0.4) is 0 Å². The highest BCUT2D eigenvalue weighted by Gasteiger charge is 2.11. The lowest BCUT2D eigenvalue weighted by molar-refractivity contribution is 0.0953. The number of carbonyl (C=O) groups is 1. The van der Waals surface area contributed by atoms with Crippen molar-refractivity contribution in [3.63, 3.8) is 0 Å². The van der Waals surface area contributed by atoms with E-state index in [2.05, 4.69) is 20.4 Å². The minimum atomic E-state index is -0.173. The second-order valence-electron chi connectivity index (χ2n) is 5.82. The Bertz CT molecular complexity index is 893. The van der Waals surface area contributed by atoms with Crippen LogP contribution in [0.15, 0.2) is 47.1 Å². The molecular weight excluding hydrogens is 354 g/mol. The summed E-state index contributed by atoms with van der Waals surface area (Å²) in [7, 11) is 3.75. The van der Waals surface area contributed by atoms with Gasteiger partial charge in [0.2, 0.25) is 11.7 Å². The molecule has 26 heavy (non-hydrogen) atoms. The van der Waals surface area contributed by atoms with Crippen LogP contribution < -0.4 is 10.2 Å². The Balaban J connectivity index is 1.56. The summed E-state index contributed by atoms with van der Waals surface area (Å²) in [5.74, 6) is 1.50. The van der Waals surface area contributed by atoms with Gasteiger partial charge in [-0.3, -0.25) is 4.79 Å². The SMILES string of the molecule is CN(C)c1cc(C(=O)NCCc2nc(-c3ccc(Cl)cc3)no2)ccn1. The van der Waals surface area contributed by atoms with Crippen molar-refractivity contribution in [2.45, 2.75) is 6.42 Å². The van der Waals surface area contributed by atoms with Gasteiger partial charge >= 0.3 is 0 Å². The number of aromatic nitrogens is 3. The van der Waals surface area contributed by atoms with Crippen LogP contribution in [-0.4, -0.2) is 41.7 Å². The number of carbonyl (C=O) groups excluding carboxylic acids is 1. The first-order valence-electron chi connectivity index (χ1n) is 8.03. The molecule has 1 amide bonds. The maximum Gasteiger partial charge on any atom is 0.251 e. The molecule has 3 aromatic rings. The van der Waals surface area contributed by atoms with Crippen LogP contribution >= 0.6 is 11.6 Å². The predicted octanol–water partition coefficient (Wildman–Crippen LogP) is 2.82. The highest BCUT2D eigenvalue weighted by atomic mass is 35.5. The predicted molar refractivity (Wildman–Crippen MR) is 99.3 cm³/mol. The summed E-state index contributed by atoms with van der Waals surface area (Å²) in [6, 6.07) is 10.6. The number of hydrogen-bond donors (Lipinski definition) is 1. The number of nitrogens with zero attached hydrogens (tertiary/aromatic N) is 4. The molecule has 0 saturated carbocycles. The zero-order valence-corrected chi connectivity index (χ0v) is 15.2. The van der Waals surface area contributed by atoms with Crippen molar-refractivity contribution in [2.24, 2.45) is 0 Å². The van der Waals surface area contributed by atoms with Crippen LogP contribution in [0, 0.1) is 0 Å². The second kappa shape index (κ2) is 7.97. The van der Waals surface area contributed by atoms with Gasteiger partial charge in [-0.25, -0.2) is 4.98 Å². The number of halogens is 1. The van der Waals surface area contributed by atoms with E-state index in [1.54, 1.807) is 30.5 Å². The standard InChI is InChI=1S/C18H18ClN5O2/c1-24(2)15-11-13(7-9-20-15)18(25)21-10-8-16-22-17(23-26-16)12-3-5-14(19)6-4-12/h3-7,9,11H,8,10H2,1-2H3,(H,21,25). The molecule has 134 valence electrons. The van der Waals surface area contributed by atoms with E-state index in [1.165, 1.54) is 0 Å². The van der Waals surface area contributed by atoms with Crippen molar-refractivity contribution in [2.75, 3.05) is 25.5 Å². The maximum absolute atomic E-state index is 12.2. The molecule has 0 aliphatic carbocycles. The quantitative estimate of drug-likeness (QED) is 0.717. The molecular formula is C18H18ClN5O2. The minimum Gasteiger partial charge on any atom is -0.363 e. The van der Waals surface area contributed by atoms with E-state index < -0.39 is 0 Å². The fourth-order valence-corrected chi connectivity index (χ4v) is 2.39. The number of nitrogens with one attached hydrogen (secondary N) is 1. The van der Waals surface area contributed by atoms with Gasteiger partial charge in [0.15, 0.2) is 0 Å². The molecule has 3 rings (SSSR count). The molecule has 7 nitrogen and oxygen atoms in total. The summed E-state index contributed by atoms with van der Waals surface area (Å²) in [4.78, 5) is 22.6. The van der Waals surface area contributed by atoms with Gasteiger partial charge in [0.05, 0.1) is 0 Å².